The molecule has 5 nitrogen and oxygen atoms in total. The Morgan fingerprint density at radius 3 is 2.83 bits per heavy atom. The lowest BCUT2D eigenvalue weighted by atomic mass is 10.1. The maximum Gasteiger partial charge on any atom is 0.240 e. The number of aliphatic imine (C=N–C) groups is 1. The molecule has 124 valence electrons. The fourth-order valence-corrected chi connectivity index (χ4v) is 3.29. The Labute approximate surface area is 141 Å². The highest BCUT2D eigenvalue weighted by molar-refractivity contribution is 8.15. The fraction of sp³-hybridized carbons (Fsp3) is 0.471. The van der Waals surface area contributed by atoms with Gasteiger partial charge in [-0.15, -0.1) is 0 Å². The van der Waals surface area contributed by atoms with Crippen LogP contribution in [0, 0.1) is 13.8 Å². The van der Waals surface area contributed by atoms with Gasteiger partial charge in [0.15, 0.2) is 5.17 Å². The molecule has 2 amide bonds. The average molecular weight is 333 g/mol. The van der Waals surface area contributed by atoms with Crippen molar-refractivity contribution in [2.45, 2.75) is 51.8 Å². The molecule has 1 saturated heterocycles. The summed E-state index contributed by atoms with van der Waals surface area (Å²) < 4.78 is 0. The van der Waals surface area contributed by atoms with Crippen LogP contribution in [0.3, 0.4) is 0 Å². The maximum atomic E-state index is 12.2. The first-order valence-corrected chi connectivity index (χ1v) is 8.69. The van der Waals surface area contributed by atoms with Crippen molar-refractivity contribution in [3.05, 3.63) is 29.3 Å². The smallest absolute Gasteiger partial charge is 0.240 e. The Morgan fingerprint density at radius 1 is 1.43 bits per heavy atom. The number of nitrogens with one attached hydrogen (secondary N) is 2. The molecule has 0 radical (unpaired) electrons. The highest BCUT2D eigenvalue weighted by atomic mass is 32.2. The summed E-state index contributed by atoms with van der Waals surface area (Å²) in [6.45, 7) is 8.01. The van der Waals surface area contributed by atoms with E-state index in [4.69, 9.17) is 0 Å². The SMILES string of the molecule is CC[C@@H](C)N=C1NC(=O)[C@H](CC(=O)Nc2ccc(C)cc2C)S1. The second-order valence-electron chi connectivity index (χ2n) is 5.86. The molecule has 1 aromatic rings. The van der Waals surface area contributed by atoms with Crippen LogP contribution in [0.5, 0.6) is 0 Å². The molecule has 1 aliphatic heterocycles. The van der Waals surface area contributed by atoms with Gasteiger partial charge in [0, 0.05) is 18.2 Å². The third-order valence-electron chi connectivity index (χ3n) is 3.73. The number of carbonyl (C=O) groups is 2. The number of nitrogens with zero attached hydrogens (tertiary/aromatic N) is 1. The third kappa shape index (κ3) is 4.82. The zero-order valence-corrected chi connectivity index (χ0v) is 14.8. The Morgan fingerprint density at radius 2 is 2.17 bits per heavy atom. The molecule has 0 spiro atoms. The molecule has 0 aromatic heterocycles. The number of thioether (sulfide) groups is 1. The van der Waals surface area contributed by atoms with Crippen LogP contribution in [0.1, 0.15) is 37.8 Å². The molecule has 23 heavy (non-hydrogen) atoms. The van der Waals surface area contributed by atoms with Crippen LogP contribution in [0.2, 0.25) is 0 Å². The summed E-state index contributed by atoms with van der Waals surface area (Å²) in [5.41, 5.74) is 2.95. The number of hydrogen-bond donors (Lipinski definition) is 2. The van der Waals surface area contributed by atoms with E-state index in [1.165, 1.54) is 11.8 Å². The number of rotatable bonds is 5. The maximum absolute atomic E-state index is 12.2. The van der Waals surface area contributed by atoms with Crippen LogP contribution >= 0.6 is 11.8 Å². The van der Waals surface area contributed by atoms with Gasteiger partial charge in [0.1, 0.15) is 5.25 Å². The van der Waals surface area contributed by atoms with Crippen molar-refractivity contribution >= 4 is 34.4 Å². The highest BCUT2D eigenvalue weighted by Gasteiger charge is 2.32. The molecule has 1 heterocycles. The van der Waals surface area contributed by atoms with Gasteiger partial charge in [-0.1, -0.05) is 36.4 Å². The van der Waals surface area contributed by atoms with Gasteiger partial charge in [-0.05, 0) is 38.8 Å². The van der Waals surface area contributed by atoms with Crippen LogP contribution in [-0.2, 0) is 9.59 Å². The zero-order valence-electron chi connectivity index (χ0n) is 14.0. The molecule has 1 aliphatic rings. The molecule has 2 N–H and O–H groups in total. The highest BCUT2D eigenvalue weighted by Crippen LogP contribution is 2.24. The van der Waals surface area contributed by atoms with Crippen LogP contribution in [-0.4, -0.2) is 28.3 Å². The molecule has 2 rings (SSSR count). The predicted octanol–water partition coefficient (Wildman–Crippen LogP) is 3.02. The lowest BCUT2D eigenvalue weighted by Crippen LogP contribution is -2.28. The van der Waals surface area contributed by atoms with E-state index in [-0.39, 0.29) is 24.3 Å². The largest absolute Gasteiger partial charge is 0.326 e. The van der Waals surface area contributed by atoms with Crippen molar-refractivity contribution < 1.29 is 9.59 Å². The molecule has 6 heteroatoms. The van der Waals surface area contributed by atoms with E-state index in [0.717, 1.165) is 23.2 Å². The summed E-state index contributed by atoms with van der Waals surface area (Å²) in [5.74, 6) is -0.303. The van der Waals surface area contributed by atoms with E-state index in [2.05, 4.69) is 15.6 Å². The minimum atomic E-state index is -0.413. The van der Waals surface area contributed by atoms with E-state index in [9.17, 15) is 9.59 Å². The fourth-order valence-electron chi connectivity index (χ4n) is 2.22. The third-order valence-corrected chi connectivity index (χ3v) is 4.83. The van der Waals surface area contributed by atoms with E-state index in [0.29, 0.717) is 5.17 Å². The van der Waals surface area contributed by atoms with E-state index >= 15 is 0 Å². The zero-order chi connectivity index (χ0) is 17.0. The van der Waals surface area contributed by atoms with Gasteiger partial charge < -0.3 is 10.6 Å². The quantitative estimate of drug-likeness (QED) is 0.870. The summed E-state index contributed by atoms with van der Waals surface area (Å²) in [6, 6.07) is 6.03. The summed E-state index contributed by atoms with van der Waals surface area (Å²) in [5, 5.41) is 5.84. The predicted molar refractivity (Wildman–Crippen MR) is 95.9 cm³/mol. The number of amidine groups is 1. The lowest BCUT2D eigenvalue weighted by molar-refractivity contribution is -0.122. The molecular weight excluding hydrogens is 310 g/mol. The van der Waals surface area contributed by atoms with Crippen LogP contribution in [0.25, 0.3) is 0 Å². The van der Waals surface area contributed by atoms with Crippen LogP contribution in [0.15, 0.2) is 23.2 Å². The molecule has 1 aromatic carbocycles. The van der Waals surface area contributed by atoms with Gasteiger partial charge in [0.25, 0.3) is 0 Å². The van der Waals surface area contributed by atoms with Gasteiger partial charge >= 0.3 is 0 Å². The minimum absolute atomic E-state index is 0.142. The van der Waals surface area contributed by atoms with Crippen LogP contribution in [0.4, 0.5) is 5.69 Å². The monoisotopic (exact) mass is 333 g/mol. The minimum Gasteiger partial charge on any atom is -0.326 e. The first kappa shape index (κ1) is 17.5. The molecule has 0 unspecified atom stereocenters. The topological polar surface area (TPSA) is 70.6 Å². The van der Waals surface area contributed by atoms with Gasteiger partial charge in [0.05, 0.1) is 0 Å². The lowest BCUT2D eigenvalue weighted by Gasteiger charge is -2.10. The average Bonchev–Trinajstić information content (AvgIpc) is 2.81. The van der Waals surface area contributed by atoms with Gasteiger partial charge in [-0.2, -0.15) is 0 Å². The normalized spacial score (nSPS) is 20.4. The molecule has 1 fully saturated rings. The van der Waals surface area contributed by atoms with Crippen molar-refractivity contribution in [3.63, 3.8) is 0 Å². The van der Waals surface area contributed by atoms with E-state index in [1.807, 2.05) is 45.9 Å². The van der Waals surface area contributed by atoms with Crippen molar-refractivity contribution in [1.29, 1.82) is 0 Å². The van der Waals surface area contributed by atoms with E-state index < -0.39 is 5.25 Å². The molecule has 0 aliphatic carbocycles. The molecule has 2 atom stereocenters. The number of amides is 2. The van der Waals surface area contributed by atoms with Crippen molar-refractivity contribution in [2.24, 2.45) is 4.99 Å². The molecular formula is C17H23N3O2S. The Balaban J connectivity index is 1.95. The van der Waals surface area contributed by atoms with E-state index in [1.54, 1.807) is 0 Å². The summed E-state index contributed by atoms with van der Waals surface area (Å²) in [6.07, 6.45) is 1.06. The van der Waals surface area contributed by atoms with Crippen LogP contribution < -0.4 is 10.6 Å². The number of aryl methyl sites for hydroxylation is 2. The summed E-state index contributed by atoms with van der Waals surface area (Å²) in [4.78, 5) is 28.6. The number of carbonyl (C=O) groups excluding carboxylic acids is 2. The Hall–Kier alpha value is -1.82. The van der Waals surface area contributed by atoms with Gasteiger partial charge in [-0.3, -0.25) is 14.6 Å². The van der Waals surface area contributed by atoms with Gasteiger partial charge in [-0.25, -0.2) is 0 Å². The number of benzene rings is 1. The summed E-state index contributed by atoms with van der Waals surface area (Å²) in [7, 11) is 0. The standard InChI is InChI=1S/C17H23N3O2S/c1-5-12(4)18-17-20-16(22)14(23-17)9-15(21)19-13-7-6-10(2)8-11(13)3/h6-8,12,14H,5,9H2,1-4H3,(H,19,21)(H,18,20,22)/t12-,14+/m1/s1. The number of hydrogen-bond acceptors (Lipinski definition) is 4. The number of anilines is 1. The first-order valence-electron chi connectivity index (χ1n) is 7.81. The van der Waals surface area contributed by atoms with Crippen molar-refractivity contribution in [1.82, 2.24) is 5.32 Å². The second-order valence-corrected chi connectivity index (χ2v) is 7.05. The molecule has 0 bridgehead atoms. The Bertz CT molecular complexity index is 643. The first-order chi connectivity index (χ1) is 10.9. The Kier molecular flexibility index (Phi) is 5.82. The van der Waals surface area contributed by atoms with Crippen molar-refractivity contribution in [2.75, 3.05) is 5.32 Å². The van der Waals surface area contributed by atoms with Gasteiger partial charge in [0.2, 0.25) is 11.8 Å². The molecule has 0 saturated carbocycles. The summed E-state index contributed by atoms with van der Waals surface area (Å²) >= 11 is 1.34. The van der Waals surface area contributed by atoms with Crippen molar-refractivity contribution in [3.8, 4) is 0 Å². The second kappa shape index (κ2) is 7.64.